The number of ether oxygens (including phenoxy) is 2. The van der Waals surface area contributed by atoms with Crippen LogP contribution in [-0.2, 0) is 19.3 Å². The Bertz CT molecular complexity index is 294. The maximum absolute atomic E-state index is 11.2. The van der Waals surface area contributed by atoms with Gasteiger partial charge in [-0.2, -0.15) is 0 Å². The monoisotopic (exact) mass is 283 g/mol. The van der Waals surface area contributed by atoms with Gasteiger partial charge in [0.25, 0.3) is 0 Å². The fourth-order valence-electron chi connectivity index (χ4n) is 1.26. The average Bonchev–Trinajstić information content (AvgIpc) is 2.32. The van der Waals surface area contributed by atoms with E-state index in [4.69, 9.17) is 9.47 Å². The van der Waals surface area contributed by atoms with Crippen LogP contribution in [0, 0.1) is 0 Å². The number of aliphatic hydroxyl groups is 1. The third-order valence-electron chi connectivity index (χ3n) is 2.38. The van der Waals surface area contributed by atoms with E-state index < -0.39 is 15.9 Å². The average molecular weight is 283 g/mol. The van der Waals surface area contributed by atoms with Gasteiger partial charge in [0.1, 0.15) is 0 Å². The zero-order valence-corrected chi connectivity index (χ0v) is 12.2. The van der Waals surface area contributed by atoms with Crippen molar-refractivity contribution in [3.63, 3.8) is 0 Å². The molecule has 0 amide bonds. The van der Waals surface area contributed by atoms with Gasteiger partial charge in [0, 0.05) is 26.0 Å². The molecule has 0 radical (unpaired) electrons. The van der Waals surface area contributed by atoms with Crippen LogP contribution in [0.4, 0.5) is 0 Å². The number of aliphatic hydroxyl groups excluding tert-OH is 1. The van der Waals surface area contributed by atoms with Crippen molar-refractivity contribution in [3.05, 3.63) is 0 Å². The van der Waals surface area contributed by atoms with Gasteiger partial charge in [-0.25, -0.2) is 8.42 Å². The molecule has 0 aliphatic carbocycles. The molecule has 0 bridgehead atoms. The molecule has 0 spiro atoms. The van der Waals surface area contributed by atoms with Gasteiger partial charge in [-0.15, -0.1) is 0 Å². The summed E-state index contributed by atoms with van der Waals surface area (Å²) in [5.41, 5.74) is 0. The molecule has 2 atom stereocenters. The van der Waals surface area contributed by atoms with Gasteiger partial charge in [0.2, 0.25) is 0 Å². The minimum Gasteiger partial charge on any atom is -0.389 e. The molecule has 0 saturated carbocycles. The van der Waals surface area contributed by atoms with Crippen molar-refractivity contribution < 1.29 is 23.0 Å². The minimum atomic E-state index is -2.94. The van der Waals surface area contributed by atoms with E-state index in [0.717, 1.165) is 0 Å². The van der Waals surface area contributed by atoms with E-state index in [-0.39, 0.29) is 24.2 Å². The summed E-state index contributed by atoms with van der Waals surface area (Å²) < 4.78 is 32.6. The van der Waals surface area contributed by atoms with Crippen LogP contribution in [0.5, 0.6) is 0 Å². The van der Waals surface area contributed by atoms with E-state index in [1.54, 1.807) is 14.0 Å². The van der Waals surface area contributed by atoms with Crippen molar-refractivity contribution in [1.29, 1.82) is 0 Å². The largest absolute Gasteiger partial charge is 0.389 e. The SMILES string of the molecule is CCS(=O)(=O)CCNCC(O)COC(C)COC. The lowest BCUT2D eigenvalue weighted by Crippen LogP contribution is -2.34. The Hall–Kier alpha value is -0.210. The zero-order valence-electron chi connectivity index (χ0n) is 11.4. The van der Waals surface area contributed by atoms with Gasteiger partial charge in [-0.1, -0.05) is 6.92 Å². The Balaban J connectivity index is 3.56. The second-order valence-corrected chi connectivity index (χ2v) is 6.67. The molecule has 0 aromatic heterocycles. The Kier molecular flexibility index (Phi) is 9.57. The fraction of sp³-hybridized carbons (Fsp3) is 1.00. The summed E-state index contributed by atoms with van der Waals surface area (Å²) in [5.74, 6) is 0.242. The molecule has 0 aliphatic rings. The molecular weight excluding hydrogens is 258 g/mol. The molecule has 0 fully saturated rings. The Morgan fingerprint density at radius 1 is 1.33 bits per heavy atom. The van der Waals surface area contributed by atoms with Gasteiger partial charge in [0.05, 0.1) is 31.2 Å². The summed E-state index contributed by atoms with van der Waals surface area (Å²) in [4.78, 5) is 0. The van der Waals surface area contributed by atoms with Crippen molar-refractivity contribution in [3.8, 4) is 0 Å². The van der Waals surface area contributed by atoms with Gasteiger partial charge in [0.15, 0.2) is 9.84 Å². The molecule has 0 aromatic carbocycles. The highest BCUT2D eigenvalue weighted by Gasteiger charge is 2.09. The predicted octanol–water partition coefficient (Wildman–Crippen LogP) is -0.577. The molecule has 0 heterocycles. The molecule has 18 heavy (non-hydrogen) atoms. The van der Waals surface area contributed by atoms with Crippen molar-refractivity contribution in [2.24, 2.45) is 0 Å². The van der Waals surface area contributed by atoms with Gasteiger partial charge < -0.3 is 19.9 Å². The number of sulfone groups is 1. The maximum Gasteiger partial charge on any atom is 0.151 e. The topological polar surface area (TPSA) is 84.9 Å². The highest BCUT2D eigenvalue weighted by atomic mass is 32.2. The molecule has 0 aromatic rings. The minimum absolute atomic E-state index is 0.0647. The normalized spacial score (nSPS) is 15.6. The van der Waals surface area contributed by atoms with Crippen LogP contribution in [-0.4, -0.2) is 70.7 Å². The highest BCUT2D eigenvalue weighted by Crippen LogP contribution is 1.93. The van der Waals surface area contributed by atoms with E-state index in [2.05, 4.69) is 5.32 Å². The molecular formula is C11H25NO5S. The van der Waals surface area contributed by atoms with Crippen molar-refractivity contribution in [2.75, 3.05) is 44.9 Å². The number of methoxy groups -OCH3 is 1. The molecule has 7 heteroatoms. The summed E-state index contributed by atoms with van der Waals surface area (Å²) in [6.45, 7) is 4.83. The quantitative estimate of drug-likeness (QED) is 0.494. The van der Waals surface area contributed by atoms with E-state index in [1.165, 1.54) is 0 Å². The first-order valence-corrected chi connectivity index (χ1v) is 7.93. The number of nitrogens with one attached hydrogen (secondary N) is 1. The van der Waals surface area contributed by atoms with Crippen LogP contribution in [0.15, 0.2) is 0 Å². The standard InChI is InChI=1S/C11H25NO5S/c1-4-18(14,15)6-5-12-7-11(13)9-17-10(2)8-16-3/h10-13H,4-9H2,1-3H3. The molecule has 6 nitrogen and oxygen atoms in total. The first kappa shape index (κ1) is 17.8. The number of hydrogen-bond donors (Lipinski definition) is 2. The van der Waals surface area contributed by atoms with Crippen molar-refractivity contribution >= 4 is 9.84 Å². The lowest BCUT2D eigenvalue weighted by Gasteiger charge is -2.16. The zero-order chi connectivity index (χ0) is 14.0. The second-order valence-electron chi connectivity index (χ2n) is 4.19. The van der Waals surface area contributed by atoms with E-state index in [9.17, 15) is 13.5 Å². The third kappa shape index (κ3) is 9.78. The summed E-state index contributed by atoms with van der Waals surface area (Å²) >= 11 is 0. The molecule has 2 N–H and O–H groups in total. The summed E-state index contributed by atoms with van der Waals surface area (Å²) in [6.07, 6.45) is -0.709. The lowest BCUT2D eigenvalue weighted by atomic mass is 10.3. The molecule has 110 valence electrons. The first-order chi connectivity index (χ1) is 8.41. The van der Waals surface area contributed by atoms with Gasteiger partial charge in [-0.3, -0.25) is 0 Å². The van der Waals surface area contributed by atoms with E-state index >= 15 is 0 Å². The van der Waals surface area contributed by atoms with Crippen LogP contribution < -0.4 is 5.32 Å². The number of hydrogen-bond acceptors (Lipinski definition) is 6. The first-order valence-electron chi connectivity index (χ1n) is 6.11. The van der Waals surface area contributed by atoms with Crippen molar-refractivity contribution in [2.45, 2.75) is 26.1 Å². The van der Waals surface area contributed by atoms with Crippen LogP contribution in [0.25, 0.3) is 0 Å². The fourth-order valence-corrected chi connectivity index (χ4v) is 2.00. The molecule has 0 rings (SSSR count). The van der Waals surface area contributed by atoms with Gasteiger partial charge >= 0.3 is 0 Å². The third-order valence-corrected chi connectivity index (χ3v) is 4.09. The Morgan fingerprint density at radius 3 is 2.56 bits per heavy atom. The van der Waals surface area contributed by atoms with Crippen LogP contribution in [0.3, 0.4) is 0 Å². The summed E-state index contributed by atoms with van der Waals surface area (Å²) in [5, 5.41) is 12.5. The van der Waals surface area contributed by atoms with Crippen LogP contribution >= 0.6 is 0 Å². The van der Waals surface area contributed by atoms with Gasteiger partial charge in [-0.05, 0) is 6.92 Å². The van der Waals surface area contributed by atoms with E-state index in [1.807, 2.05) is 6.92 Å². The maximum atomic E-state index is 11.2. The Labute approximate surface area is 110 Å². The van der Waals surface area contributed by atoms with Crippen LogP contribution in [0.1, 0.15) is 13.8 Å². The smallest absolute Gasteiger partial charge is 0.151 e. The van der Waals surface area contributed by atoms with Crippen molar-refractivity contribution in [1.82, 2.24) is 5.32 Å². The summed E-state index contributed by atoms with van der Waals surface area (Å²) in [6, 6.07) is 0. The highest BCUT2D eigenvalue weighted by molar-refractivity contribution is 7.91. The Morgan fingerprint density at radius 2 is 2.00 bits per heavy atom. The molecule has 0 saturated heterocycles. The molecule has 0 aliphatic heterocycles. The predicted molar refractivity (Wildman–Crippen MR) is 70.5 cm³/mol. The lowest BCUT2D eigenvalue weighted by molar-refractivity contribution is -0.0309. The summed E-state index contributed by atoms with van der Waals surface area (Å²) in [7, 11) is -1.35. The van der Waals surface area contributed by atoms with E-state index in [0.29, 0.717) is 19.7 Å². The second kappa shape index (κ2) is 9.69. The molecule has 2 unspecified atom stereocenters. The number of rotatable bonds is 11. The van der Waals surface area contributed by atoms with Crippen LogP contribution in [0.2, 0.25) is 0 Å².